The maximum absolute atomic E-state index is 11.8. The van der Waals surface area contributed by atoms with Gasteiger partial charge in [-0.25, -0.2) is 0 Å². The number of aryl methyl sites for hydroxylation is 1. The third kappa shape index (κ3) is 9.71. The lowest BCUT2D eigenvalue weighted by atomic mass is 9.92. The van der Waals surface area contributed by atoms with Gasteiger partial charge in [0, 0.05) is 20.8 Å². The van der Waals surface area contributed by atoms with Crippen molar-refractivity contribution in [3.05, 3.63) is 29.8 Å². The van der Waals surface area contributed by atoms with Crippen molar-refractivity contribution in [3.8, 4) is 5.75 Å². The van der Waals surface area contributed by atoms with Gasteiger partial charge in [-0.2, -0.15) is 0 Å². The summed E-state index contributed by atoms with van der Waals surface area (Å²) < 4.78 is 16.2. The van der Waals surface area contributed by atoms with E-state index in [0.717, 1.165) is 30.3 Å². The van der Waals surface area contributed by atoms with Crippen LogP contribution in [-0.4, -0.2) is 43.2 Å². The third-order valence-electron chi connectivity index (χ3n) is 5.86. The molecule has 0 bridgehead atoms. The van der Waals surface area contributed by atoms with Crippen LogP contribution in [0.5, 0.6) is 5.75 Å². The molecule has 32 heavy (non-hydrogen) atoms. The molecule has 0 aromatic heterocycles. The maximum atomic E-state index is 11.8. The first kappa shape index (κ1) is 25.7. The zero-order valence-electron chi connectivity index (χ0n) is 19.6. The molecule has 1 fully saturated rings. The summed E-state index contributed by atoms with van der Waals surface area (Å²) in [5.74, 6) is 0.511. The lowest BCUT2D eigenvalue weighted by Crippen LogP contribution is -2.55. The highest BCUT2D eigenvalue weighted by atomic mass is 16.5. The maximum Gasteiger partial charge on any atom is 0.302 e. The zero-order valence-corrected chi connectivity index (χ0v) is 19.6. The topological polar surface area (TPSA) is 90.9 Å². The van der Waals surface area contributed by atoms with Crippen LogP contribution < -0.4 is 10.1 Å². The minimum Gasteiger partial charge on any atom is -0.494 e. The molecule has 1 N–H and O–H groups in total. The van der Waals surface area contributed by atoms with Crippen LogP contribution in [0.3, 0.4) is 0 Å². The molecule has 1 aromatic rings. The molecule has 178 valence electrons. The highest BCUT2D eigenvalue weighted by Crippen LogP contribution is 2.28. The van der Waals surface area contributed by atoms with Crippen molar-refractivity contribution in [3.63, 3.8) is 0 Å². The lowest BCUT2D eigenvalue weighted by Gasteiger charge is -2.33. The number of hydrogen-bond acceptors (Lipinski definition) is 6. The van der Waals surface area contributed by atoms with E-state index in [-0.39, 0.29) is 19.1 Å². The minimum absolute atomic E-state index is 0.0720. The Hall–Kier alpha value is -2.57. The number of carbonyl (C=O) groups is 3. The Morgan fingerprint density at radius 3 is 2.09 bits per heavy atom. The van der Waals surface area contributed by atoms with Crippen LogP contribution in [0.2, 0.25) is 0 Å². The molecule has 7 nitrogen and oxygen atoms in total. The van der Waals surface area contributed by atoms with Crippen molar-refractivity contribution in [2.24, 2.45) is 5.92 Å². The van der Waals surface area contributed by atoms with Crippen molar-refractivity contribution in [1.82, 2.24) is 5.32 Å². The zero-order chi connectivity index (χ0) is 23.4. The van der Waals surface area contributed by atoms with Gasteiger partial charge in [0.1, 0.15) is 24.5 Å². The fraction of sp³-hybridized carbons (Fsp3) is 0.640. The average Bonchev–Trinajstić information content (AvgIpc) is 3.26. The van der Waals surface area contributed by atoms with Crippen LogP contribution in [0.4, 0.5) is 0 Å². The molecule has 1 saturated carbocycles. The number of hydrogen-bond donors (Lipinski definition) is 1. The van der Waals surface area contributed by atoms with Crippen molar-refractivity contribution in [2.75, 3.05) is 19.8 Å². The van der Waals surface area contributed by atoms with Gasteiger partial charge in [-0.05, 0) is 49.3 Å². The van der Waals surface area contributed by atoms with Crippen LogP contribution in [0.15, 0.2) is 24.3 Å². The van der Waals surface area contributed by atoms with Gasteiger partial charge in [-0.15, -0.1) is 0 Å². The number of benzene rings is 1. The number of rotatable bonds is 13. The van der Waals surface area contributed by atoms with E-state index in [1.807, 2.05) is 24.3 Å². The number of carbonyl (C=O) groups excluding carboxylic acids is 3. The molecule has 1 aliphatic rings. The Bertz CT molecular complexity index is 721. The van der Waals surface area contributed by atoms with E-state index in [1.54, 1.807) is 0 Å². The van der Waals surface area contributed by atoms with E-state index >= 15 is 0 Å². The molecule has 0 atom stereocenters. The molecule has 0 unspecified atom stereocenters. The molecule has 0 saturated heterocycles. The SMILES string of the molecule is CC(=O)NC(CCc1ccc(OCCCC2CCCC2)cc1)(COC(C)=O)COC(C)=O. The molecule has 0 aliphatic heterocycles. The van der Waals surface area contributed by atoms with Crippen LogP contribution in [0.1, 0.15) is 71.3 Å². The van der Waals surface area contributed by atoms with E-state index in [4.69, 9.17) is 14.2 Å². The number of nitrogens with one attached hydrogen (secondary N) is 1. The van der Waals surface area contributed by atoms with Crippen LogP contribution >= 0.6 is 0 Å². The fourth-order valence-electron chi connectivity index (χ4n) is 4.17. The molecule has 7 heteroatoms. The fourth-order valence-corrected chi connectivity index (χ4v) is 4.17. The van der Waals surface area contributed by atoms with Crippen LogP contribution in [-0.2, 0) is 30.3 Å². The summed E-state index contributed by atoms with van der Waals surface area (Å²) in [7, 11) is 0. The Morgan fingerprint density at radius 2 is 1.56 bits per heavy atom. The Labute approximate surface area is 191 Å². The Kier molecular flexibility index (Phi) is 10.5. The van der Waals surface area contributed by atoms with Crippen LogP contribution in [0.25, 0.3) is 0 Å². The second-order valence-corrected chi connectivity index (χ2v) is 8.81. The van der Waals surface area contributed by atoms with Gasteiger partial charge < -0.3 is 19.5 Å². The highest BCUT2D eigenvalue weighted by molar-refractivity contribution is 5.74. The normalized spacial score (nSPS) is 14.1. The third-order valence-corrected chi connectivity index (χ3v) is 5.86. The molecular weight excluding hydrogens is 410 g/mol. The predicted molar refractivity (Wildman–Crippen MR) is 121 cm³/mol. The van der Waals surface area contributed by atoms with Crippen molar-refractivity contribution < 1.29 is 28.6 Å². The minimum atomic E-state index is -0.988. The van der Waals surface area contributed by atoms with Crippen molar-refractivity contribution in [2.45, 2.75) is 77.7 Å². The second-order valence-electron chi connectivity index (χ2n) is 8.81. The Balaban J connectivity index is 1.90. The van der Waals surface area contributed by atoms with Gasteiger partial charge >= 0.3 is 11.9 Å². The van der Waals surface area contributed by atoms with Gasteiger partial charge in [-0.3, -0.25) is 14.4 Å². The standard InChI is InChI=1S/C25H37NO6/c1-19(27)26-25(17-31-20(2)28,18-32-21(3)29)15-14-23-10-12-24(13-11-23)30-16-6-9-22-7-4-5-8-22/h10-13,22H,4-9,14-18H2,1-3H3,(H,26,27). The molecular formula is C25H37NO6. The van der Waals surface area contributed by atoms with Crippen LogP contribution in [0, 0.1) is 5.92 Å². The summed E-state index contributed by atoms with van der Waals surface area (Å²) >= 11 is 0. The second kappa shape index (κ2) is 13.1. The van der Waals surface area contributed by atoms with E-state index in [0.29, 0.717) is 12.8 Å². The first-order chi connectivity index (χ1) is 15.3. The van der Waals surface area contributed by atoms with E-state index < -0.39 is 17.5 Å². The lowest BCUT2D eigenvalue weighted by molar-refractivity contribution is -0.150. The molecule has 0 heterocycles. The van der Waals surface area contributed by atoms with Gasteiger partial charge in [0.15, 0.2) is 0 Å². The highest BCUT2D eigenvalue weighted by Gasteiger charge is 2.34. The van der Waals surface area contributed by atoms with Crippen molar-refractivity contribution >= 4 is 17.8 Å². The molecule has 0 spiro atoms. The van der Waals surface area contributed by atoms with Gasteiger partial charge in [0.2, 0.25) is 5.91 Å². The Morgan fingerprint density at radius 1 is 0.969 bits per heavy atom. The quantitative estimate of drug-likeness (QED) is 0.363. The monoisotopic (exact) mass is 447 g/mol. The van der Waals surface area contributed by atoms with Gasteiger partial charge in [-0.1, -0.05) is 37.8 Å². The van der Waals surface area contributed by atoms with E-state index in [1.165, 1.54) is 52.9 Å². The largest absolute Gasteiger partial charge is 0.494 e. The molecule has 1 aliphatic carbocycles. The predicted octanol–water partition coefficient (Wildman–Crippen LogP) is 3.97. The smallest absolute Gasteiger partial charge is 0.302 e. The van der Waals surface area contributed by atoms with Gasteiger partial charge in [0.05, 0.1) is 6.61 Å². The summed E-state index contributed by atoms with van der Waals surface area (Å²) in [4.78, 5) is 34.5. The first-order valence-corrected chi connectivity index (χ1v) is 11.6. The van der Waals surface area contributed by atoms with E-state index in [2.05, 4.69) is 5.32 Å². The van der Waals surface area contributed by atoms with Gasteiger partial charge in [0.25, 0.3) is 0 Å². The number of ether oxygens (including phenoxy) is 3. The van der Waals surface area contributed by atoms with Crippen molar-refractivity contribution in [1.29, 1.82) is 0 Å². The summed E-state index contributed by atoms with van der Waals surface area (Å²) in [5.41, 5.74) is 0.0576. The van der Waals surface area contributed by atoms with E-state index in [9.17, 15) is 14.4 Å². The summed E-state index contributed by atoms with van der Waals surface area (Å²) in [6.45, 7) is 4.57. The first-order valence-electron chi connectivity index (χ1n) is 11.6. The number of esters is 2. The molecule has 1 amide bonds. The average molecular weight is 448 g/mol. The number of amides is 1. The summed E-state index contributed by atoms with van der Waals surface area (Å²) in [5, 5.41) is 2.83. The molecule has 1 aromatic carbocycles. The molecule has 0 radical (unpaired) electrons. The summed E-state index contributed by atoms with van der Waals surface area (Å²) in [6, 6.07) is 7.87. The summed E-state index contributed by atoms with van der Waals surface area (Å²) in [6.07, 6.45) is 8.84. The molecule has 2 rings (SSSR count).